The van der Waals surface area contributed by atoms with Crippen molar-refractivity contribution in [2.45, 2.75) is 63.3 Å². The second-order valence-electron chi connectivity index (χ2n) is 4.63. The van der Waals surface area contributed by atoms with Crippen molar-refractivity contribution in [3.8, 4) is 0 Å². The molecule has 1 rings (SSSR count). The topological polar surface area (TPSA) is 79.2 Å². The third-order valence-corrected chi connectivity index (χ3v) is 3.49. The fourth-order valence-electron chi connectivity index (χ4n) is 1.93. The number of aliphatic hydroxyl groups excluding tert-OH is 3. The van der Waals surface area contributed by atoms with Crippen molar-refractivity contribution in [2.75, 3.05) is 12.4 Å². The van der Waals surface area contributed by atoms with Crippen LogP contribution in [0.4, 0.5) is 0 Å². The normalized spacial score (nSPS) is 36.8. The monoisotopic (exact) mass is 280 g/mol. The third-order valence-electron chi connectivity index (χ3n) is 3.13. The molecule has 0 aromatic carbocycles. The zero-order valence-electron chi connectivity index (χ0n) is 10.7. The van der Waals surface area contributed by atoms with Gasteiger partial charge >= 0.3 is 0 Å². The van der Waals surface area contributed by atoms with Crippen molar-refractivity contribution < 1.29 is 24.8 Å². The Morgan fingerprint density at radius 2 is 1.78 bits per heavy atom. The van der Waals surface area contributed by atoms with Gasteiger partial charge in [0.15, 0.2) is 6.29 Å². The molecule has 0 aliphatic carbocycles. The summed E-state index contributed by atoms with van der Waals surface area (Å²) in [5, 5.41) is 29.0. The first-order valence-electron chi connectivity index (χ1n) is 6.54. The van der Waals surface area contributed by atoms with Gasteiger partial charge in [-0.05, 0) is 6.42 Å². The first-order chi connectivity index (χ1) is 8.61. The molecular formula is C12H24O5S. The fourth-order valence-corrected chi connectivity index (χ4v) is 2.24. The zero-order chi connectivity index (χ0) is 13.5. The summed E-state index contributed by atoms with van der Waals surface area (Å²) >= 11 is 4.04. The molecule has 108 valence electrons. The van der Waals surface area contributed by atoms with Crippen LogP contribution in [0.5, 0.6) is 0 Å². The van der Waals surface area contributed by atoms with Crippen LogP contribution >= 0.6 is 12.6 Å². The molecule has 1 aliphatic rings. The summed E-state index contributed by atoms with van der Waals surface area (Å²) in [4.78, 5) is 0. The Hall–Kier alpha value is 0.150. The predicted molar refractivity (Wildman–Crippen MR) is 70.6 cm³/mol. The Labute approximate surface area is 114 Å². The van der Waals surface area contributed by atoms with Gasteiger partial charge < -0.3 is 24.8 Å². The van der Waals surface area contributed by atoms with E-state index < -0.39 is 30.7 Å². The van der Waals surface area contributed by atoms with E-state index in [2.05, 4.69) is 19.6 Å². The molecule has 0 radical (unpaired) electrons. The molecule has 0 bridgehead atoms. The standard InChI is InChI=1S/C12H24O5S/c1-2-3-4-5-6-16-12-11(15)10(14)9(13)8(7-18)17-12/h8-15,18H,2-7H2,1H3/t8?,9-,10-,11?,12+/m0/s1. The maximum Gasteiger partial charge on any atom is 0.186 e. The molecule has 1 saturated heterocycles. The molecular weight excluding hydrogens is 256 g/mol. The summed E-state index contributed by atoms with van der Waals surface area (Å²) in [6, 6.07) is 0. The number of rotatable bonds is 7. The SMILES string of the molecule is CCCCCCO[C@@H]1OC(CS)[C@H](O)[C@H](O)C1O. The van der Waals surface area contributed by atoms with Crippen LogP contribution in [0.3, 0.4) is 0 Å². The maximum atomic E-state index is 9.74. The molecule has 3 N–H and O–H groups in total. The highest BCUT2D eigenvalue weighted by Crippen LogP contribution is 2.23. The summed E-state index contributed by atoms with van der Waals surface area (Å²) in [5.74, 6) is 0.265. The van der Waals surface area contributed by atoms with Crippen LogP contribution in [-0.4, -0.2) is 58.4 Å². The molecule has 1 heterocycles. The Morgan fingerprint density at radius 3 is 2.39 bits per heavy atom. The van der Waals surface area contributed by atoms with Gasteiger partial charge in [-0.25, -0.2) is 0 Å². The zero-order valence-corrected chi connectivity index (χ0v) is 11.6. The lowest BCUT2D eigenvalue weighted by Crippen LogP contribution is -2.58. The second-order valence-corrected chi connectivity index (χ2v) is 4.99. The molecule has 5 nitrogen and oxygen atoms in total. The van der Waals surface area contributed by atoms with Crippen LogP contribution < -0.4 is 0 Å². The van der Waals surface area contributed by atoms with E-state index in [4.69, 9.17) is 9.47 Å². The van der Waals surface area contributed by atoms with Crippen LogP contribution in [0.15, 0.2) is 0 Å². The lowest BCUT2D eigenvalue weighted by molar-refractivity contribution is -0.292. The molecule has 6 heteroatoms. The molecule has 0 aromatic heterocycles. The molecule has 18 heavy (non-hydrogen) atoms. The van der Waals surface area contributed by atoms with Crippen LogP contribution in [0.2, 0.25) is 0 Å². The minimum Gasteiger partial charge on any atom is -0.388 e. The van der Waals surface area contributed by atoms with E-state index >= 15 is 0 Å². The van der Waals surface area contributed by atoms with Crippen molar-refractivity contribution >= 4 is 12.6 Å². The quantitative estimate of drug-likeness (QED) is 0.399. The Bertz CT molecular complexity index is 227. The molecule has 1 aliphatic heterocycles. The molecule has 0 aromatic rings. The van der Waals surface area contributed by atoms with Crippen molar-refractivity contribution in [1.29, 1.82) is 0 Å². The largest absolute Gasteiger partial charge is 0.388 e. The summed E-state index contributed by atoms with van der Waals surface area (Å²) in [7, 11) is 0. The number of thiol groups is 1. The van der Waals surface area contributed by atoms with Crippen LogP contribution in [-0.2, 0) is 9.47 Å². The number of hydrogen-bond acceptors (Lipinski definition) is 6. The minimum absolute atomic E-state index is 0.265. The van der Waals surface area contributed by atoms with E-state index in [0.717, 1.165) is 25.7 Å². The van der Waals surface area contributed by atoms with E-state index in [1.54, 1.807) is 0 Å². The second kappa shape index (κ2) is 8.35. The van der Waals surface area contributed by atoms with Gasteiger partial charge in [0.05, 0.1) is 6.10 Å². The molecule has 0 saturated carbocycles. The average Bonchev–Trinajstić information content (AvgIpc) is 2.38. The summed E-state index contributed by atoms with van der Waals surface area (Å²) in [6.45, 7) is 2.60. The van der Waals surface area contributed by atoms with Gasteiger partial charge in [0.25, 0.3) is 0 Å². The number of ether oxygens (including phenoxy) is 2. The molecule has 5 atom stereocenters. The van der Waals surface area contributed by atoms with Gasteiger partial charge in [0, 0.05) is 12.4 Å². The van der Waals surface area contributed by atoms with Gasteiger partial charge in [-0.15, -0.1) is 0 Å². The fraction of sp³-hybridized carbons (Fsp3) is 1.00. The van der Waals surface area contributed by atoms with E-state index in [9.17, 15) is 15.3 Å². The smallest absolute Gasteiger partial charge is 0.186 e. The van der Waals surface area contributed by atoms with Crippen LogP contribution in [0.25, 0.3) is 0 Å². The number of aliphatic hydroxyl groups is 3. The summed E-state index contributed by atoms with van der Waals surface area (Å²) < 4.78 is 10.8. The van der Waals surface area contributed by atoms with Crippen LogP contribution in [0, 0.1) is 0 Å². The first-order valence-corrected chi connectivity index (χ1v) is 7.17. The van der Waals surface area contributed by atoms with Gasteiger partial charge in [-0.2, -0.15) is 12.6 Å². The van der Waals surface area contributed by atoms with E-state index in [1.807, 2.05) is 0 Å². The van der Waals surface area contributed by atoms with E-state index in [1.165, 1.54) is 0 Å². The summed E-state index contributed by atoms with van der Waals surface area (Å²) in [5.41, 5.74) is 0. The van der Waals surface area contributed by atoms with Gasteiger partial charge in [-0.1, -0.05) is 26.2 Å². The average molecular weight is 280 g/mol. The van der Waals surface area contributed by atoms with Crippen molar-refractivity contribution in [2.24, 2.45) is 0 Å². The van der Waals surface area contributed by atoms with Gasteiger partial charge in [-0.3, -0.25) is 0 Å². The van der Waals surface area contributed by atoms with E-state index in [0.29, 0.717) is 6.61 Å². The summed E-state index contributed by atoms with van der Waals surface area (Å²) in [6.07, 6.45) is -0.843. The lowest BCUT2D eigenvalue weighted by atomic mass is 10.00. The molecule has 1 fully saturated rings. The van der Waals surface area contributed by atoms with E-state index in [-0.39, 0.29) is 5.75 Å². The third kappa shape index (κ3) is 4.36. The first kappa shape index (κ1) is 16.2. The maximum absolute atomic E-state index is 9.74. The van der Waals surface area contributed by atoms with Crippen molar-refractivity contribution in [1.82, 2.24) is 0 Å². The molecule has 2 unspecified atom stereocenters. The van der Waals surface area contributed by atoms with Gasteiger partial charge in [0.1, 0.15) is 18.3 Å². The Morgan fingerprint density at radius 1 is 1.06 bits per heavy atom. The Kier molecular flexibility index (Phi) is 7.51. The van der Waals surface area contributed by atoms with Crippen molar-refractivity contribution in [3.63, 3.8) is 0 Å². The van der Waals surface area contributed by atoms with Crippen molar-refractivity contribution in [3.05, 3.63) is 0 Å². The molecule has 0 spiro atoms. The Balaban J connectivity index is 2.35. The highest BCUT2D eigenvalue weighted by Gasteiger charge is 2.43. The highest BCUT2D eigenvalue weighted by atomic mass is 32.1. The van der Waals surface area contributed by atoms with Crippen LogP contribution in [0.1, 0.15) is 32.6 Å². The number of unbranched alkanes of at least 4 members (excludes halogenated alkanes) is 3. The molecule has 0 amide bonds. The predicted octanol–water partition coefficient (Wildman–Crippen LogP) is 0.321. The van der Waals surface area contributed by atoms with Gasteiger partial charge in [0.2, 0.25) is 0 Å². The highest BCUT2D eigenvalue weighted by molar-refractivity contribution is 7.80. The minimum atomic E-state index is -1.25. The number of hydrogen-bond donors (Lipinski definition) is 4. The lowest BCUT2D eigenvalue weighted by Gasteiger charge is -2.39.